The number of benzene rings is 1. The predicted octanol–water partition coefficient (Wildman–Crippen LogP) is 3.30. The van der Waals surface area contributed by atoms with E-state index in [1.165, 1.54) is 42.2 Å². The Morgan fingerprint density at radius 3 is 2.62 bits per heavy atom. The van der Waals surface area contributed by atoms with Crippen LogP contribution in [0.2, 0.25) is 0 Å². The summed E-state index contributed by atoms with van der Waals surface area (Å²) < 4.78 is 28.4. The Morgan fingerprint density at radius 2 is 1.88 bits per heavy atom. The lowest BCUT2D eigenvalue weighted by atomic mass is 9.89. The second-order valence-electron chi connectivity index (χ2n) is 6.71. The highest BCUT2D eigenvalue weighted by molar-refractivity contribution is 7.91. The summed E-state index contributed by atoms with van der Waals surface area (Å²) in [5, 5.41) is 2.68. The van der Waals surface area contributed by atoms with Crippen molar-refractivity contribution >= 4 is 27.3 Å². The second-order valence-corrected chi connectivity index (χ2v) is 9.82. The highest BCUT2D eigenvalue weighted by Crippen LogP contribution is 2.27. The van der Waals surface area contributed by atoms with E-state index in [4.69, 9.17) is 0 Å². The molecule has 1 amide bonds. The number of carbonyl (C=O) groups is 1. The van der Waals surface area contributed by atoms with Crippen molar-refractivity contribution in [3.8, 4) is 0 Å². The van der Waals surface area contributed by atoms with Crippen LogP contribution in [0.5, 0.6) is 0 Å². The smallest absolute Gasteiger partial charge is 0.250 e. The summed E-state index contributed by atoms with van der Waals surface area (Å²) in [6.07, 6.45) is 4.61. The zero-order valence-electron chi connectivity index (χ0n) is 15.0. The first-order chi connectivity index (χ1) is 12.3. The van der Waals surface area contributed by atoms with Crippen LogP contribution in [0.4, 0.5) is 0 Å². The molecule has 3 rings (SSSR count). The van der Waals surface area contributed by atoms with Crippen LogP contribution in [0.15, 0.2) is 34.5 Å². The Hall–Kier alpha value is -1.70. The van der Waals surface area contributed by atoms with Crippen LogP contribution in [-0.4, -0.2) is 14.3 Å². The molecule has 2 aromatic rings. The third-order valence-electron chi connectivity index (χ3n) is 4.62. The molecular formula is C19H24N2O3S2. The van der Waals surface area contributed by atoms with Crippen LogP contribution in [-0.2, 0) is 34.2 Å². The SMILES string of the molecule is CC(=O)NCc1ccc(S(=O)(=O)NC(C)c2ccc3c(c2)CCCC3)s1. The molecule has 0 fully saturated rings. The lowest BCUT2D eigenvalue weighted by Crippen LogP contribution is -2.26. The van der Waals surface area contributed by atoms with Crippen LogP contribution in [0.1, 0.15) is 54.3 Å². The molecule has 1 heterocycles. The van der Waals surface area contributed by atoms with Gasteiger partial charge in [-0.05, 0) is 61.4 Å². The Kier molecular flexibility index (Phi) is 5.79. The number of hydrogen-bond donors (Lipinski definition) is 2. The third kappa shape index (κ3) is 4.52. The number of carbonyl (C=O) groups excluding carboxylic acids is 1. The fourth-order valence-corrected chi connectivity index (χ4v) is 5.73. The average Bonchev–Trinajstić information content (AvgIpc) is 3.09. The second kappa shape index (κ2) is 7.90. The number of rotatable bonds is 6. The van der Waals surface area contributed by atoms with Crippen molar-refractivity contribution in [3.05, 3.63) is 51.9 Å². The Bertz CT molecular complexity index is 903. The molecule has 1 aromatic carbocycles. The van der Waals surface area contributed by atoms with E-state index in [0.29, 0.717) is 6.54 Å². The molecular weight excluding hydrogens is 368 g/mol. The number of thiophene rings is 1. The van der Waals surface area contributed by atoms with Crippen molar-refractivity contribution < 1.29 is 13.2 Å². The molecule has 5 nitrogen and oxygen atoms in total. The van der Waals surface area contributed by atoms with E-state index in [0.717, 1.165) is 23.3 Å². The van der Waals surface area contributed by atoms with E-state index in [1.807, 2.05) is 13.0 Å². The average molecular weight is 393 g/mol. The molecule has 2 N–H and O–H groups in total. The third-order valence-corrected chi connectivity index (χ3v) is 7.74. The molecule has 0 radical (unpaired) electrons. The molecule has 1 aliphatic rings. The van der Waals surface area contributed by atoms with Gasteiger partial charge in [-0.1, -0.05) is 18.2 Å². The van der Waals surface area contributed by atoms with Crippen LogP contribution in [0, 0.1) is 0 Å². The van der Waals surface area contributed by atoms with Gasteiger partial charge in [-0.3, -0.25) is 4.79 Å². The van der Waals surface area contributed by atoms with Crippen LogP contribution in [0.25, 0.3) is 0 Å². The largest absolute Gasteiger partial charge is 0.351 e. The van der Waals surface area contributed by atoms with Gasteiger partial charge in [0.1, 0.15) is 4.21 Å². The van der Waals surface area contributed by atoms with Gasteiger partial charge in [0.15, 0.2) is 0 Å². The highest BCUT2D eigenvalue weighted by Gasteiger charge is 2.21. The highest BCUT2D eigenvalue weighted by atomic mass is 32.2. The summed E-state index contributed by atoms with van der Waals surface area (Å²) in [6, 6.07) is 9.31. The van der Waals surface area contributed by atoms with Gasteiger partial charge >= 0.3 is 0 Å². The lowest BCUT2D eigenvalue weighted by molar-refractivity contribution is -0.119. The molecule has 0 bridgehead atoms. The minimum absolute atomic E-state index is 0.137. The molecule has 26 heavy (non-hydrogen) atoms. The molecule has 0 spiro atoms. The standard InChI is InChI=1S/C19H24N2O3S2/c1-13(16-8-7-15-5-3-4-6-17(15)11-16)21-26(23,24)19-10-9-18(25-19)12-20-14(2)22/h7-11,13,21H,3-6,12H2,1-2H3,(H,20,22). The predicted molar refractivity (Wildman–Crippen MR) is 104 cm³/mol. The van der Waals surface area contributed by atoms with Crippen molar-refractivity contribution in [3.63, 3.8) is 0 Å². The van der Waals surface area contributed by atoms with Crippen molar-refractivity contribution in [2.45, 2.75) is 56.3 Å². The minimum atomic E-state index is -3.59. The normalized spacial score (nSPS) is 15.3. The van der Waals surface area contributed by atoms with Crippen LogP contribution >= 0.6 is 11.3 Å². The monoisotopic (exact) mass is 392 g/mol. The summed E-state index contributed by atoms with van der Waals surface area (Å²) in [5.74, 6) is -0.137. The summed E-state index contributed by atoms with van der Waals surface area (Å²) in [5.41, 5.74) is 3.72. The van der Waals surface area contributed by atoms with Crippen molar-refractivity contribution in [1.82, 2.24) is 10.0 Å². The number of nitrogens with one attached hydrogen (secondary N) is 2. The van der Waals surface area contributed by atoms with Crippen molar-refractivity contribution in [2.75, 3.05) is 0 Å². The Labute approximate surface area is 158 Å². The van der Waals surface area contributed by atoms with Gasteiger partial charge in [-0.2, -0.15) is 0 Å². The molecule has 1 aliphatic carbocycles. The van der Waals surface area contributed by atoms with E-state index >= 15 is 0 Å². The van der Waals surface area contributed by atoms with Gasteiger partial charge in [0.25, 0.3) is 10.0 Å². The topological polar surface area (TPSA) is 75.3 Å². The van der Waals surface area contributed by atoms with Gasteiger partial charge < -0.3 is 5.32 Å². The van der Waals surface area contributed by atoms with Gasteiger partial charge in [0.05, 0.1) is 6.54 Å². The summed E-state index contributed by atoms with van der Waals surface area (Å²) in [4.78, 5) is 11.8. The van der Waals surface area contributed by atoms with Crippen LogP contribution in [0.3, 0.4) is 0 Å². The number of hydrogen-bond acceptors (Lipinski definition) is 4. The maximum absolute atomic E-state index is 12.7. The van der Waals surface area contributed by atoms with E-state index in [-0.39, 0.29) is 16.2 Å². The zero-order valence-corrected chi connectivity index (χ0v) is 16.7. The van der Waals surface area contributed by atoms with Gasteiger partial charge in [0.2, 0.25) is 5.91 Å². The van der Waals surface area contributed by atoms with Gasteiger partial charge in [0, 0.05) is 17.8 Å². The minimum Gasteiger partial charge on any atom is -0.351 e. The van der Waals surface area contributed by atoms with Crippen molar-refractivity contribution in [2.24, 2.45) is 0 Å². The molecule has 1 aromatic heterocycles. The molecule has 0 saturated carbocycles. The first-order valence-electron chi connectivity index (χ1n) is 8.82. The lowest BCUT2D eigenvalue weighted by Gasteiger charge is -2.19. The van der Waals surface area contributed by atoms with Crippen molar-refractivity contribution in [1.29, 1.82) is 0 Å². The van der Waals surface area contributed by atoms with E-state index in [1.54, 1.807) is 12.1 Å². The van der Waals surface area contributed by atoms with E-state index < -0.39 is 10.0 Å². The fourth-order valence-electron chi connectivity index (χ4n) is 3.19. The molecule has 0 aliphatic heterocycles. The Morgan fingerprint density at radius 1 is 1.15 bits per heavy atom. The van der Waals surface area contributed by atoms with Gasteiger partial charge in [-0.25, -0.2) is 13.1 Å². The zero-order chi connectivity index (χ0) is 18.7. The number of aryl methyl sites for hydroxylation is 2. The Balaban J connectivity index is 1.71. The summed E-state index contributed by atoms with van der Waals surface area (Å²) >= 11 is 1.18. The fraction of sp³-hybridized carbons (Fsp3) is 0.421. The van der Waals surface area contributed by atoms with Crippen LogP contribution < -0.4 is 10.0 Å². The first-order valence-corrected chi connectivity index (χ1v) is 11.1. The molecule has 140 valence electrons. The van der Waals surface area contributed by atoms with Gasteiger partial charge in [-0.15, -0.1) is 11.3 Å². The molecule has 7 heteroatoms. The molecule has 1 unspecified atom stereocenters. The quantitative estimate of drug-likeness (QED) is 0.792. The number of amides is 1. The van der Waals surface area contributed by atoms with E-state index in [9.17, 15) is 13.2 Å². The molecule has 0 saturated heterocycles. The molecule has 1 atom stereocenters. The number of sulfonamides is 1. The maximum Gasteiger partial charge on any atom is 0.250 e. The maximum atomic E-state index is 12.7. The summed E-state index contributed by atoms with van der Waals surface area (Å²) in [7, 11) is -3.59. The van der Waals surface area contributed by atoms with E-state index in [2.05, 4.69) is 22.2 Å². The number of fused-ring (bicyclic) bond motifs is 1. The summed E-state index contributed by atoms with van der Waals surface area (Å²) in [6.45, 7) is 3.65. The first kappa shape index (κ1) is 19.1.